The van der Waals surface area contributed by atoms with Gasteiger partial charge in [-0.3, -0.25) is 0 Å². The summed E-state index contributed by atoms with van der Waals surface area (Å²) in [5.74, 6) is 0. The minimum Gasteiger partial charge on any atom is -0.315 e. The molecule has 0 saturated carbocycles. The fraction of sp³-hybridized carbons (Fsp3) is 0.600. The third-order valence-electron chi connectivity index (χ3n) is 3.64. The van der Waals surface area contributed by atoms with Crippen molar-refractivity contribution in [3.8, 4) is 0 Å². The molecule has 1 saturated heterocycles. The second-order valence-electron chi connectivity index (χ2n) is 5.68. The zero-order valence-corrected chi connectivity index (χ0v) is 11.2. The maximum Gasteiger partial charge on any atom is 0.0380 e. The van der Waals surface area contributed by atoms with Crippen LogP contribution < -0.4 is 10.6 Å². The Hall–Kier alpha value is -0.860. The predicted molar refractivity (Wildman–Crippen MR) is 73.2 cm³/mol. The number of rotatable bonds is 3. The molecule has 0 amide bonds. The molecule has 0 bridgehead atoms. The highest BCUT2D eigenvalue weighted by atomic mass is 15.0. The van der Waals surface area contributed by atoms with Crippen LogP contribution in [-0.2, 0) is 5.54 Å². The van der Waals surface area contributed by atoms with E-state index in [1.165, 1.54) is 30.5 Å². The monoisotopic (exact) mass is 232 g/mol. The molecule has 0 unspecified atom stereocenters. The van der Waals surface area contributed by atoms with Gasteiger partial charge in [-0.2, -0.15) is 0 Å². The van der Waals surface area contributed by atoms with Crippen LogP contribution in [0.2, 0.25) is 0 Å². The van der Waals surface area contributed by atoms with Crippen molar-refractivity contribution in [3.05, 3.63) is 35.4 Å². The molecular weight excluding hydrogens is 208 g/mol. The van der Waals surface area contributed by atoms with Crippen molar-refractivity contribution >= 4 is 0 Å². The Labute approximate surface area is 105 Å². The number of hydrogen-bond donors (Lipinski definition) is 2. The van der Waals surface area contributed by atoms with Crippen LogP contribution in [0.1, 0.15) is 37.8 Å². The lowest BCUT2D eigenvalue weighted by Crippen LogP contribution is -2.50. The van der Waals surface area contributed by atoms with Crippen LogP contribution >= 0.6 is 0 Å². The fourth-order valence-corrected chi connectivity index (χ4v) is 2.54. The molecule has 1 fully saturated rings. The van der Waals surface area contributed by atoms with Crippen molar-refractivity contribution < 1.29 is 0 Å². The molecule has 2 N–H and O–H groups in total. The van der Waals surface area contributed by atoms with Gasteiger partial charge in [-0.25, -0.2) is 0 Å². The summed E-state index contributed by atoms with van der Waals surface area (Å²) in [5.41, 5.74) is 2.75. The molecule has 2 nitrogen and oxygen atoms in total. The van der Waals surface area contributed by atoms with E-state index in [0.717, 1.165) is 6.54 Å². The summed E-state index contributed by atoms with van der Waals surface area (Å²) in [6, 6.07) is 9.45. The smallest absolute Gasteiger partial charge is 0.0380 e. The van der Waals surface area contributed by atoms with Gasteiger partial charge in [0.15, 0.2) is 0 Å². The molecule has 2 rings (SSSR count). The Bertz CT molecular complexity index is 348. The van der Waals surface area contributed by atoms with Gasteiger partial charge >= 0.3 is 0 Å². The van der Waals surface area contributed by atoms with Gasteiger partial charge < -0.3 is 10.6 Å². The average molecular weight is 232 g/mol. The van der Waals surface area contributed by atoms with E-state index >= 15 is 0 Å². The number of piperidine rings is 1. The molecule has 17 heavy (non-hydrogen) atoms. The Morgan fingerprint density at radius 3 is 2.53 bits per heavy atom. The van der Waals surface area contributed by atoms with E-state index in [4.69, 9.17) is 0 Å². The summed E-state index contributed by atoms with van der Waals surface area (Å²) >= 11 is 0. The highest BCUT2D eigenvalue weighted by Gasteiger charge is 2.24. The lowest BCUT2D eigenvalue weighted by atomic mass is 9.91. The molecule has 1 aliphatic rings. The number of hydrogen-bond acceptors (Lipinski definition) is 2. The first-order valence-corrected chi connectivity index (χ1v) is 6.63. The average Bonchev–Trinajstić information content (AvgIpc) is 2.30. The van der Waals surface area contributed by atoms with Gasteiger partial charge in [0, 0.05) is 18.1 Å². The summed E-state index contributed by atoms with van der Waals surface area (Å²) < 4.78 is 0. The summed E-state index contributed by atoms with van der Waals surface area (Å²) in [6.07, 6.45) is 2.56. The Balaban J connectivity index is 2.04. The van der Waals surface area contributed by atoms with Crippen molar-refractivity contribution in [3.63, 3.8) is 0 Å². The predicted octanol–water partition coefficient (Wildman–Crippen LogP) is 2.57. The molecule has 1 atom stereocenters. The maximum absolute atomic E-state index is 3.77. The molecule has 2 heteroatoms. The Morgan fingerprint density at radius 2 is 1.94 bits per heavy atom. The van der Waals surface area contributed by atoms with E-state index in [0.29, 0.717) is 6.04 Å². The van der Waals surface area contributed by atoms with Crippen molar-refractivity contribution in [2.45, 2.75) is 45.2 Å². The molecular formula is C15H24N2. The summed E-state index contributed by atoms with van der Waals surface area (Å²) in [5, 5.41) is 7.22. The third kappa shape index (κ3) is 3.30. The van der Waals surface area contributed by atoms with Crippen LogP contribution in [0.25, 0.3) is 0 Å². The summed E-state index contributed by atoms with van der Waals surface area (Å²) in [4.78, 5) is 0. The lowest BCUT2D eigenvalue weighted by molar-refractivity contribution is 0.294. The van der Waals surface area contributed by atoms with Gasteiger partial charge in [0.1, 0.15) is 0 Å². The highest BCUT2D eigenvalue weighted by molar-refractivity contribution is 5.27. The van der Waals surface area contributed by atoms with Gasteiger partial charge in [-0.05, 0) is 45.7 Å². The van der Waals surface area contributed by atoms with Crippen molar-refractivity contribution in [2.75, 3.05) is 13.1 Å². The maximum atomic E-state index is 3.77. The molecule has 1 heterocycles. The van der Waals surface area contributed by atoms with Gasteiger partial charge in [-0.15, -0.1) is 0 Å². The molecule has 1 aromatic carbocycles. The van der Waals surface area contributed by atoms with E-state index in [1.807, 2.05) is 0 Å². The van der Waals surface area contributed by atoms with Crippen LogP contribution in [0.4, 0.5) is 0 Å². The Kier molecular flexibility index (Phi) is 3.85. The molecule has 0 radical (unpaired) electrons. The largest absolute Gasteiger partial charge is 0.315 e. The van der Waals surface area contributed by atoms with Gasteiger partial charge in [0.2, 0.25) is 0 Å². The molecule has 0 aliphatic carbocycles. The second kappa shape index (κ2) is 5.19. The van der Waals surface area contributed by atoms with Crippen molar-refractivity contribution in [2.24, 2.45) is 0 Å². The van der Waals surface area contributed by atoms with Gasteiger partial charge in [0.25, 0.3) is 0 Å². The van der Waals surface area contributed by atoms with E-state index < -0.39 is 0 Å². The van der Waals surface area contributed by atoms with E-state index in [9.17, 15) is 0 Å². The molecule has 94 valence electrons. The van der Waals surface area contributed by atoms with E-state index in [-0.39, 0.29) is 5.54 Å². The van der Waals surface area contributed by atoms with Crippen molar-refractivity contribution in [1.29, 1.82) is 0 Å². The minimum absolute atomic E-state index is 0.0530. The summed E-state index contributed by atoms with van der Waals surface area (Å²) in [6.45, 7) is 8.94. The zero-order chi connectivity index (χ0) is 12.3. The number of benzene rings is 1. The topological polar surface area (TPSA) is 24.1 Å². The quantitative estimate of drug-likeness (QED) is 0.837. The first-order chi connectivity index (χ1) is 8.08. The van der Waals surface area contributed by atoms with Crippen molar-refractivity contribution in [1.82, 2.24) is 10.6 Å². The van der Waals surface area contributed by atoms with Gasteiger partial charge in [-0.1, -0.05) is 29.8 Å². The summed E-state index contributed by atoms with van der Waals surface area (Å²) in [7, 11) is 0. The van der Waals surface area contributed by atoms with Crippen LogP contribution in [0.15, 0.2) is 24.3 Å². The Morgan fingerprint density at radius 1 is 1.24 bits per heavy atom. The highest BCUT2D eigenvalue weighted by Crippen LogP contribution is 2.22. The SMILES string of the molecule is Cc1ccc(C(C)(C)N[C@@H]2CCCNC2)cc1. The molecule has 0 aromatic heterocycles. The molecule has 0 spiro atoms. The number of nitrogens with one attached hydrogen (secondary N) is 2. The fourth-order valence-electron chi connectivity index (χ4n) is 2.54. The standard InChI is InChI=1S/C15H24N2/c1-12-6-8-13(9-7-12)15(2,3)17-14-5-4-10-16-11-14/h6-9,14,16-17H,4-5,10-11H2,1-3H3/t14-/m1/s1. The molecule has 1 aromatic rings. The molecule has 1 aliphatic heterocycles. The normalized spacial score (nSPS) is 21.5. The van der Waals surface area contributed by atoms with Crippen LogP contribution in [-0.4, -0.2) is 19.1 Å². The first kappa shape index (κ1) is 12.6. The van der Waals surface area contributed by atoms with E-state index in [2.05, 4.69) is 55.7 Å². The lowest BCUT2D eigenvalue weighted by Gasteiger charge is -2.34. The minimum atomic E-state index is 0.0530. The van der Waals surface area contributed by atoms with Crippen LogP contribution in [0, 0.1) is 6.92 Å². The first-order valence-electron chi connectivity index (χ1n) is 6.63. The van der Waals surface area contributed by atoms with Crippen LogP contribution in [0.3, 0.4) is 0 Å². The van der Waals surface area contributed by atoms with Gasteiger partial charge in [0.05, 0.1) is 0 Å². The zero-order valence-electron chi connectivity index (χ0n) is 11.2. The third-order valence-corrected chi connectivity index (χ3v) is 3.64. The van der Waals surface area contributed by atoms with E-state index in [1.54, 1.807) is 0 Å². The second-order valence-corrected chi connectivity index (χ2v) is 5.68. The number of aryl methyl sites for hydroxylation is 1. The van der Waals surface area contributed by atoms with Crippen LogP contribution in [0.5, 0.6) is 0 Å².